The molecule has 0 radical (unpaired) electrons. The smallest absolute Gasteiger partial charge is 0.251 e. The highest BCUT2D eigenvalue weighted by Crippen LogP contribution is 2.18. The number of halogens is 1. The number of methoxy groups -OCH3 is 1. The molecule has 3 rings (SSSR count). The van der Waals surface area contributed by atoms with Crippen LogP contribution < -0.4 is 5.32 Å². The molecule has 5 nitrogen and oxygen atoms in total. The van der Waals surface area contributed by atoms with Crippen LogP contribution in [-0.2, 0) is 4.74 Å². The molecular weight excluding hydrogens is 333 g/mol. The highest BCUT2D eigenvalue weighted by molar-refractivity contribution is 5.94. The minimum absolute atomic E-state index is 0.0704. The maximum Gasteiger partial charge on any atom is 0.251 e. The number of hydrogen-bond donors (Lipinski definition) is 1. The van der Waals surface area contributed by atoms with Crippen molar-refractivity contribution in [3.8, 4) is 11.3 Å². The first kappa shape index (κ1) is 18.5. The lowest BCUT2D eigenvalue weighted by molar-refractivity contribution is 0.0946. The Bertz CT molecular complexity index is 719. The molecule has 1 aliphatic rings. The van der Waals surface area contributed by atoms with Gasteiger partial charge in [-0.25, -0.2) is 4.39 Å². The molecule has 2 heterocycles. The van der Waals surface area contributed by atoms with Crippen molar-refractivity contribution < 1.29 is 13.9 Å². The van der Waals surface area contributed by atoms with Gasteiger partial charge in [-0.1, -0.05) is 12.1 Å². The van der Waals surface area contributed by atoms with E-state index in [1.807, 2.05) is 12.1 Å². The summed E-state index contributed by atoms with van der Waals surface area (Å²) in [5, 5.41) is 3.02. The molecule has 1 fully saturated rings. The van der Waals surface area contributed by atoms with E-state index in [1.165, 1.54) is 12.3 Å². The van der Waals surface area contributed by atoms with Gasteiger partial charge in [0.05, 0.1) is 18.5 Å². The number of amides is 1. The molecule has 0 bridgehead atoms. The SMILES string of the molecule is COCCN1CC[C@H](CNC(=O)c2ccc(-c3ccc(F)cn3)cc2)C1. The zero-order valence-electron chi connectivity index (χ0n) is 15.0. The molecule has 1 amide bonds. The van der Waals surface area contributed by atoms with Crippen molar-refractivity contribution >= 4 is 5.91 Å². The fourth-order valence-corrected chi connectivity index (χ4v) is 3.18. The van der Waals surface area contributed by atoms with Crippen molar-refractivity contribution in [2.24, 2.45) is 5.92 Å². The predicted molar refractivity (Wildman–Crippen MR) is 98.4 cm³/mol. The van der Waals surface area contributed by atoms with Gasteiger partial charge in [0.2, 0.25) is 0 Å². The van der Waals surface area contributed by atoms with E-state index >= 15 is 0 Å². The van der Waals surface area contributed by atoms with Gasteiger partial charge in [-0.15, -0.1) is 0 Å². The lowest BCUT2D eigenvalue weighted by Gasteiger charge is -2.15. The third-order valence-corrected chi connectivity index (χ3v) is 4.70. The van der Waals surface area contributed by atoms with E-state index < -0.39 is 0 Å². The standard InChI is InChI=1S/C20H24FN3O2/c1-26-11-10-24-9-8-15(14-24)12-23-20(25)17-4-2-16(3-5-17)19-7-6-18(21)13-22-19/h2-7,13,15H,8-12,14H2,1H3,(H,23,25)/t15-/m1/s1. The Hall–Kier alpha value is -2.31. The van der Waals surface area contributed by atoms with Gasteiger partial charge >= 0.3 is 0 Å². The van der Waals surface area contributed by atoms with Crippen molar-refractivity contribution in [3.63, 3.8) is 0 Å². The number of aromatic nitrogens is 1. The molecule has 0 unspecified atom stereocenters. The fraction of sp³-hybridized carbons (Fsp3) is 0.400. The Kier molecular flexibility index (Phi) is 6.30. The quantitative estimate of drug-likeness (QED) is 0.828. The number of carbonyl (C=O) groups excluding carboxylic acids is 1. The maximum atomic E-state index is 12.9. The molecule has 0 aliphatic carbocycles. The van der Waals surface area contributed by atoms with Gasteiger partial charge in [0.15, 0.2) is 0 Å². The third-order valence-electron chi connectivity index (χ3n) is 4.70. The number of hydrogen-bond acceptors (Lipinski definition) is 4. The summed E-state index contributed by atoms with van der Waals surface area (Å²) < 4.78 is 18.1. The number of ether oxygens (including phenoxy) is 1. The van der Waals surface area contributed by atoms with Crippen LogP contribution in [0.2, 0.25) is 0 Å². The molecule has 1 atom stereocenters. The second-order valence-electron chi connectivity index (χ2n) is 6.60. The van der Waals surface area contributed by atoms with Crippen LogP contribution >= 0.6 is 0 Å². The van der Waals surface area contributed by atoms with Gasteiger partial charge in [0.25, 0.3) is 5.91 Å². The minimum Gasteiger partial charge on any atom is -0.383 e. The summed E-state index contributed by atoms with van der Waals surface area (Å²) in [6.45, 7) is 4.43. The van der Waals surface area contributed by atoms with Crippen LogP contribution in [-0.4, -0.2) is 55.7 Å². The topological polar surface area (TPSA) is 54.5 Å². The molecule has 1 N–H and O–H groups in total. The summed E-state index contributed by atoms with van der Waals surface area (Å²) in [6, 6.07) is 10.2. The highest BCUT2D eigenvalue weighted by Gasteiger charge is 2.22. The zero-order chi connectivity index (χ0) is 18.4. The lowest BCUT2D eigenvalue weighted by atomic mass is 10.1. The summed E-state index contributed by atoms with van der Waals surface area (Å²) in [7, 11) is 1.71. The summed E-state index contributed by atoms with van der Waals surface area (Å²) in [5.41, 5.74) is 2.15. The maximum absolute atomic E-state index is 12.9. The Labute approximate surface area is 153 Å². The van der Waals surface area contributed by atoms with Gasteiger partial charge in [-0.2, -0.15) is 0 Å². The van der Waals surface area contributed by atoms with Crippen LogP contribution in [0, 0.1) is 11.7 Å². The Morgan fingerprint density at radius 3 is 2.81 bits per heavy atom. The number of carbonyl (C=O) groups is 1. The molecule has 1 aliphatic heterocycles. The van der Waals surface area contributed by atoms with E-state index in [0.29, 0.717) is 23.7 Å². The summed E-state index contributed by atoms with van der Waals surface area (Å²) in [4.78, 5) is 18.8. The van der Waals surface area contributed by atoms with E-state index in [4.69, 9.17) is 4.74 Å². The van der Waals surface area contributed by atoms with Crippen molar-refractivity contribution in [1.82, 2.24) is 15.2 Å². The highest BCUT2D eigenvalue weighted by atomic mass is 19.1. The van der Waals surface area contributed by atoms with Crippen molar-refractivity contribution in [2.45, 2.75) is 6.42 Å². The third kappa shape index (κ3) is 4.86. The number of likely N-dealkylation sites (tertiary alicyclic amines) is 1. The average Bonchev–Trinajstić information content (AvgIpc) is 3.13. The summed E-state index contributed by atoms with van der Waals surface area (Å²) >= 11 is 0. The van der Waals surface area contributed by atoms with Crippen molar-refractivity contribution in [3.05, 3.63) is 54.0 Å². The van der Waals surface area contributed by atoms with E-state index in [9.17, 15) is 9.18 Å². The molecule has 1 saturated heterocycles. The Balaban J connectivity index is 1.50. The van der Waals surface area contributed by atoms with E-state index in [2.05, 4.69) is 15.2 Å². The monoisotopic (exact) mass is 357 g/mol. The van der Waals surface area contributed by atoms with Crippen LogP contribution in [0.1, 0.15) is 16.8 Å². The summed E-state index contributed by atoms with van der Waals surface area (Å²) in [5.74, 6) is 0.0508. The van der Waals surface area contributed by atoms with Crippen molar-refractivity contribution in [2.75, 3.05) is 39.9 Å². The van der Waals surface area contributed by atoms with Gasteiger partial charge in [-0.05, 0) is 43.1 Å². The van der Waals surface area contributed by atoms with E-state index in [1.54, 1.807) is 25.3 Å². The second-order valence-corrected chi connectivity index (χ2v) is 6.60. The van der Waals surface area contributed by atoms with Gasteiger partial charge in [-0.3, -0.25) is 9.78 Å². The van der Waals surface area contributed by atoms with Crippen LogP contribution in [0.5, 0.6) is 0 Å². The summed E-state index contributed by atoms with van der Waals surface area (Å²) in [6.07, 6.45) is 2.28. The van der Waals surface area contributed by atoms with E-state index in [0.717, 1.165) is 38.2 Å². The molecule has 138 valence electrons. The minimum atomic E-state index is -0.363. The van der Waals surface area contributed by atoms with Gasteiger partial charge < -0.3 is 15.0 Å². The normalized spacial score (nSPS) is 17.4. The Morgan fingerprint density at radius 2 is 2.12 bits per heavy atom. The van der Waals surface area contributed by atoms with Crippen LogP contribution in [0.15, 0.2) is 42.6 Å². The largest absolute Gasteiger partial charge is 0.383 e. The molecule has 6 heteroatoms. The number of rotatable bonds is 7. The molecule has 0 spiro atoms. The van der Waals surface area contributed by atoms with E-state index in [-0.39, 0.29) is 11.7 Å². The number of pyridine rings is 1. The average molecular weight is 357 g/mol. The number of nitrogens with zero attached hydrogens (tertiary/aromatic N) is 2. The number of nitrogens with one attached hydrogen (secondary N) is 1. The lowest BCUT2D eigenvalue weighted by Crippen LogP contribution is -2.31. The first-order valence-electron chi connectivity index (χ1n) is 8.87. The first-order chi connectivity index (χ1) is 12.7. The Morgan fingerprint density at radius 1 is 1.31 bits per heavy atom. The first-order valence-corrected chi connectivity index (χ1v) is 8.87. The fourth-order valence-electron chi connectivity index (χ4n) is 3.18. The van der Waals surface area contributed by atoms with Crippen LogP contribution in [0.4, 0.5) is 4.39 Å². The molecule has 1 aromatic carbocycles. The van der Waals surface area contributed by atoms with Gasteiger partial charge in [0.1, 0.15) is 5.82 Å². The molecule has 2 aromatic rings. The number of benzene rings is 1. The van der Waals surface area contributed by atoms with Crippen LogP contribution in [0.25, 0.3) is 11.3 Å². The molecule has 0 saturated carbocycles. The predicted octanol–water partition coefficient (Wildman–Crippen LogP) is 2.59. The molecule has 1 aromatic heterocycles. The second kappa shape index (κ2) is 8.87. The molecule has 26 heavy (non-hydrogen) atoms. The van der Waals surface area contributed by atoms with Crippen LogP contribution in [0.3, 0.4) is 0 Å². The van der Waals surface area contributed by atoms with Gasteiger partial charge in [0, 0.05) is 37.9 Å². The molecular formula is C20H24FN3O2. The van der Waals surface area contributed by atoms with Crippen molar-refractivity contribution in [1.29, 1.82) is 0 Å². The zero-order valence-corrected chi connectivity index (χ0v) is 15.0.